The maximum atomic E-state index is 13.6. The molecular formula is C16H12F2N2O. The van der Waals surface area contributed by atoms with E-state index >= 15 is 0 Å². The highest BCUT2D eigenvalue weighted by Crippen LogP contribution is 2.29. The molecule has 21 heavy (non-hydrogen) atoms. The minimum Gasteiger partial charge on any atom is -0.486 e. The van der Waals surface area contributed by atoms with Crippen LogP contribution in [0.2, 0.25) is 0 Å². The van der Waals surface area contributed by atoms with Gasteiger partial charge in [0.05, 0.1) is 5.56 Å². The first kappa shape index (κ1) is 13.3. The maximum Gasteiger partial charge on any atom is 0.146 e. The molecule has 0 fully saturated rings. The largest absolute Gasteiger partial charge is 0.486 e. The highest BCUT2D eigenvalue weighted by Gasteiger charge is 2.11. The van der Waals surface area contributed by atoms with Gasteiger partial charge in [0.25, 0.3) is 0 Å². The van der Waals surface area contributed by atoms with E-state index in [4.69, 9.17) is 10.5 Å². The van der Waals surface area contributed by atoms with E-state index in [0.717, 1.165) is 5.39 Å². The van der Waals surface area contributed by atoms with E-state index in [2.05, 4.69) is 4.98 Å². The van der Waals surface area contributed by atoms with Gasteiger partial charge in [-0.2, -0.15) is 0 Å². The summed E-state index contributed by atoms with van der Waals surface area (Å²) in [7, 11) is 0. The van der Waals surface area contributed by atoms with Crippen LogP contribution in [0.3, 0.4) is 0 Å². The summed E-state index contributed by atoms with van der Waals surface area (Å²) in [5, 5.41) is 0.740. The van der Waals surface area contributed by atoms with Gasteiger partial charge in [-0.05, 0) is 36.4 Å². The molecule has 0 amide bonds. The smallest absolute Gasteiger partial charge is 0.146 e. The number of hydrogen-bond donors (Lipinski definition) is 1. The lowest BCUT2D eigenvalue weighted by atomic mass is 10.1. The molecule has 0 bridgehead atoms. The van der Waals surface area contributed by atoms with Gasteiger partial charge in [0.1, 0.15) is 29.5 Å². The molecular weight excluding hydrogens is 274 g/mol. The van der Waals surface area contributed by atoms with Crippen LogP contribution < -0.4 is 10.5 Å². The molecule has 0 spiro atoms. The van der Waals surface area contributed by atoms with Crippen molar-refractivity contribution in [2.24, 2.45) is 0 Å². The van der Waals surface area contributed by atoms with Crippen molar-refractivity contribution >= 4 is 16.6 Å². The third-order valence-corrected chi connectivity index (χ3v) is 3.20. The van der Waals surface area contributed by atoms with E-state index in [1.165, 1.54) is 18.2 Å². The zero-order valence-electron chi connectivity index (χ0n) is 11.0. The van der Waals surface area contributed by atoms with Crippen molar-refractivity contribution in [2.45, 2.75) is 6.61 Å². The number of hydrogen-bond acceptors (Lipinski definition) is 3. The van der Waals surface area contributed by atoms with E-state index in [1.807, 2.05) is 6.07 Å². The molecule has 0 unspecified atom stereocenters. The number of fused-ring (bicyclic) bond motifs is 1. The monoisotopic (exact) mass is 286 g/mol. The lowest BCUT2D eigenvalue weighted by Gasteiger charge is -2.11. The summed E-state index contributed by atoms with van der Waals surface area (Å²) < 4.78 is 32.7. The van der Waals surface area contributed by atoms with Crippen molar-refractivity contribution in [3.63, 3.8) is 0 Å². The number of rotatable bonds is 3. The quantitative estimate of drug-likeness (QED) is 0.747. The first-order valence-electron chi connectivity index (χ1n) is 6.35. The van der Waals surface area contributed by atoms with Crippen molar-refractivity contribution in [3.8, 4) is 5.75 Å². The number of nitrogens with two attached hydrogens (primary N) is 1. The average Bonchev–Trinajstić information content (AvgIpc) is 2.49. The van der Waals surface area contributed by atoms with Gasteiger partial charge >= 0.3 is 0 Å². The molecule has 0 radical (unpaired) electrons. The molecule has 0 saturated carbocycles. The van der Waals surface area contributed by atoms with Crippen LogP contribution in [-0.2, 0) is 6.61 Å². The molecule has 3 aromatic rings. The molecule has 0 saturated heterocycles. The molecule has 106 valence electrons. The Hall–Kier alpha value is -2.69. The van der Waals surface area contributed by atoms with Gasteiger partial charge < -0.3 is 10.5 Å². The van der Waals surface area contributed by atoms with Gasteiger partial charge in [0.2, 0.25) is 0 Å². The normalized spacial score (nSPS) is 10.8. The van der Waals surface area contributed by atoms with Crippen LogP contribution in [0.1, 0.15) is 5.56 Å². The molecule has 0 aliphatic carbocycles. The van der Waals surface area contributed by atoms with E-state index in [9.17, 15) is 8.78 Å². The average molecular weight is 286 g/mol. The molecule has 3 nitrogen and oxygen atoms in total. The number of benzene rings is 2. The van der Waals surface area contributed by atoms with Crippen LogP contribution in [0.5, 0.6) is 5.75 Å². The summed E-state index contributed by atoms with van der Waals surface area (Å²) in [6.45, 7) is -0.214. The van der Waals surface area contributed by atoms with Gasteiger partial charge in [-0.1, -0.05) is 6.07 Å². The van der Waals surface area contributed by atoms with Crippen LogP contribution in [0, 0.1) is 11.6 Å². The third-order valence-electron chi connectivity index (χ3n) is 3.20. The Morgan fingerprint density at radius 2 is 1.76 bits per heavy atom. The molecule has 1 heterocycles. The number of halogens is 2. The zero-order chi connectivity index (χ0) is 14.8. The number of anilines is 1. The Morgan fingerprint density at radius 3 is 2.52 bits per heavy atom. The summed E-state index contributed by atoms with van der Waals surface area (Å²) in [4.78, 5) is 4.21. The Kier molecular flexibility index (Phi) is 3.39. The lowest BCUT2D eigenvalue weighted by Crippen LogP contribution is -2.03. The first-order valence-corrected chi connectivity index (χ1v) is 6.35. The second kappa shape index (κ2) is 5.36. The van der Waals surface area contributed by atoms with Crippen LogP contribution in [0.25, 0.3) is 10.9 Å². The summed E-state index contributed by atoms with van der Waals surface area (Å²) in [5.74, 6) is -0.840. The number of nitrogens with zero attached hydrogens (tertiary/aromatic N) is 1. The molecule has 0 aliphatic rings. The van der Waals surface area contributed by atoms with Gasteiger partial charge in [-0.25, -0.2) is 8.78 Å². The van der Waals surface area contributed by atoms with Crippen molar-refractivity contribution in [3.05, 3.63) is 65.9 Å². The minimum atomic E-state index is -0.636. The summed E-state index contributed by atoms with van der Waals surface area (Å²) in [6, 6.07) is 10.6. The fourth-order valence-electron chi connectivity index (χ4n) is 2.11. The van der Waals surface area contributed by atoms with Crippen LogP contribution in [-0.4, -0.2) is 4.98 Å². The highest BCUT2D eigenvalue weighted by atomic mass is 19.1. The summed E-state index contributed by atoms with van der Waals surface area (Å²) >= 11 is 0. The zero-order valence-corrected chi connectivity index (χ0v) is 11.0. The second-order valence-electron chi connectivity index (χ2n) is 4.54. The molecule has 3 rings (SSSR count). The first-order chi connectivity index (χ1) is 10.2. The highest BCUT2D eigenvalue weighted by molar-refractivity contribution is 5.94. The lowest BCUT2D eigenvalue weighted by molar-refractivity contribution is 0.295. The van der Waals surface area contributed by atoms with Crippen LogP contribution >= 0.6 is 0 Å². The van der Waals surface area contributed by atoms with Crippen molar-refractivity contribution in [1.82, 2.24) is 4.98 Å². The molecule has 0 aliphatic heterocycles. The molecule has 5 heteroatoms. The Balaban J connectivity index is 1.94. The maximum absolute atomic E-state index is 13.6. The van der Waals surface area contributed by atoms with Gasteiger partial charge in [0, 0.05) is 17.3 Å². The van der Waals surface area contributed by atoms with E-state index < -0.39 is 11.6 Å². The predicted octanol–water partition coefficient (Wildman–Crippen LogP) is 3.67. The fourth-order valence-corrected chi connectivity index (χ4v) is 2.11. The number of pyridine rings is 1. The molecule has 2 N–H and O–H groups in total. The minimum absolute atomic E-state index is 0.113. The Bertz CT molecular complexity index is 785. The van der Waals surface area contributed by atoms with Gasteiger partial charge in [-0.3, -0.25) is 4.98 Å². The SMILES string of the molecule is Nc1ccc(OCc2c(F)cccc2F)c2ncccc12. The van der Waals surface area contributed by atoms with E-state index in [0.29, 0.717) is 17.0 Å². The number of ether oxygens (including phenoxy) is 1. The summed E-state index contributed by atoms with van der Waals surface area (Å²) in [6.07, 6.45) is 1.61. The fraction of sp³-hybridized carbons (Fsp3) is 0.0625. The molecule has 2 aromatic carbocycles. The van der Waals surface area contributed by atoms with Crippen molar-refractivity contribution < 1.29 is 13.5 Å². The van der Waals surface area contributed by atoms with E-state index in [1.54, 1.807) is 24.4 Å². The second-order valence-corrected chi connectivity index (χ2v) is 4.54. The molecule has 1 aromatic heterocycles. The van der Waals surface area contributed by atoms with Crippen molar-refractivity contribution in [1.29, 1.82) is 0 Å². The third kappa shape index (κ3) is 2.50. The van der Waals surface area contributed by atoms with Crippen LogP contribution in [0.15, 0.2) is 48.7 Å². The Labute approximate surface area is 120 Å². The molecule has 0 atom stereocenters. The Morgan fingerprint density at radius 1 is 1.00 bits per heavy atom. The van der Waals surface area contributed by atoms with E-state index in [-0.39, 0.29) is 12.2 Å². The number of nitrogen functional groups attached to an aromatic ring is 1. The van der Waals surface area contributed by atoms with Crippen LogP contribution in [0.4, 0.5) is 14.5 Å². The predicted molar refractivity (Wildman–Crippen MR) is 76.8 cm³/mol. The standard InChI is InChI=1S/C16H12F2N2O/c17-12-4-1-5-13(18)11(12)9-21-15-7-6-14(19)10-3-2-8-20-16(10)15/h1-8H,9,19H2. The number of aromatic nitrogens is 1. The van der Waals surface area contributed by atoms with Gasteiger partial charge in [-0.15, -0.1) is 0 Å². The summed E-state index contributed by atoms with van der Waals surface area (Å²) in [5.41, 5.74) is 6.89. The van der Waals surface area contributed by atoms with Crippen molar-refractivity contribution in [2.75, 3.05) is 5.73 Å². The van der Waals surface area contributed by atoms with Gasteiger partial charge in [0.15, 0.2) is 0 Å². The topological polar surface area (TPSA) is 48.1 Å².